The molecule has 2 aromatic rings. The summed E-state index contributed by atoms with van der Waals surface area (Å²) in [7, 11) is 0. The Morgan fingerprint density at radius 1 is 1.29 bits per heavy atom. The lowest BCUT2D eigenvalue weighted by Gasteiger charge is -2.24. The second-order valence-corrected chi connectivity index (χ2v) is 8.07. The van der Waals surface area contributed by atoms with E-state index in [9.17, 15) is 4.79 Å². The fourth-order valence-electron chi connectivity index (χ4n) is 2.39. The molecule has 6 heteroatoms. The molecule has 1 saturated heterocycles. The summed E-state index contributed by atoms with van der Waals surface area (Å²) in [5.74, 6) is 2.29. The molecule has 1 atom stereocenters. The number of hydrogen-bond acceptors (Lipinski definition) is 5. The molecule has 0 spiro atoms. The van der Waals surface area contributed by atoms with E-state index in [1.54, 1.807) is 22.7 Å². The van der Waals surface area contributed by atoms with Crippen molar-refractivity contribution in [3.05, 3.63) is 44.8 Å². The van der Waals surface area contributed by atoms with Crippen LogP contribution >= 0.6 is 34.4 Å². The molecule has 0 saturated carbocycles. The smallest absolute Gasteiger partial charge is 0.222 e. The largest absolute Gasteiger partial charge is 0.343 e. The zero-order valence-corrected chi connectivity index (χ0v) is 14.0. The third kappa shape index (κ3) is 4.10. The fraction of sp³-hybridized carbons (Fsp3) is 0.400. The van der Waals surface area contributed by atoms with Crippen molar-refractivity contribution in [1.82, 2.24) is 10.6 Å². The lowest BCUT2D eigenvalue weighted by atomic mass is 10.1. The highest BCUT2D eigenvalue weighted by Gasteiger charge is 2.22. The van der Waals surface area contributed by atoms with E-state index in [-0.39, 0.29) is 11.9 Å². The molecule has 1 unspecified atom stereocenters. The Labute approximate surface area is 137 Å². The number of nitrogens with one attached hydrogen (secondary N) is 2. The van der Waals surface area contributed by atoms with Gasteiger partial charge in [-0.05, 0) is 22.9 Å². The van der Waals surface area contributed by atoms with Gasteiger partial charge in [0.2, 0.25) is 5.91 Å². The van der Waals surface area contributed by atoms with E-state index in [2.05, 4.69) is 33.5 Å². The summed E-state index contributed by atoms with van der Waals surface area (Å²) >= 11 is 5.30. The lowest BCUT2D eigenvalue weighted by molar-refractivity contribution is -0.121. The average molecular weight is 339 g/mol. The maximum Gasteiger partial charge on any atom is 0.222 e. The number of hydrogen-bond donors (Lipinski definition) is 2. The molecule has 0 aliphatic carbocycles. The van der Waals surface area contributed by atoms with Crippen LogP contribution in [0.1, 0.15) is 22.2 Å². The van der Waals surface area contributed by atoms with E-state index in [4.69, 9.17) is 0 Å². The Morgan fingerprint density at radius 3 is 2.52 bits per heavy atom. The molecule has 2 aromatic heterocycles. The Balaban J connectivity index is 1.65. The summed E-state index contributed by atoms with van der Waals surface area (Å²) in [6.07, 6.45) is 0.556. The number of rotatable bonds is 5. The Hall–Kier alpha value is -0.820. The summed E-state index contributed by atoms with van der Waals surface area (Å²) in [4.78, 5) is 14.7. The minimum absolute atomic E-state index is 0.00579. The molecule has 0 bridgehead atoms. The van der Waals surface area contributed by atoms with Crippen LogP contribution in [0, 0.1) is 0 Å². The van der Waals surface area contributed by atoms with Crippen molar-refractivity contribution >= 4 is 40.3 Å². The molecule has 112 valence electrons. The normalized spacial score (nSPS) is 18.8. The molecule has 1 fully saturated rings. The second kappa shape index (κ2) is 7.45. The van der Waals surface area contributed by atoms with Gasteiger partial charge in [0.05, 0.1) is 6.04 Å². The Bertz CT molecular complexity index is 513. The summed E-state index contributed by atoms with van der Waals surface area (Å²) in [5.41, 5.74) is 0. The maximum atomic E-state index is 12.4. The van der Waals surface area contributed by atoms with Gasteiger partial charge in [-0.3, -0.25) is 4.79 Å². The lowest BCUT2D eigenvalue weighted by Crippen LogP contribution is -2.42. The number of carbonyl (C=O) groups excluding carboxylic acids is 1. The van der Waals surface area contributed by atoms with Gasteiger partial charge in [-0.25, -0.2) is 0 Å². The van der Waals surface area contributed by atoms with Gasteiger partial charge in [0.15, 0.2) is 0 Å². The zero-order valence-electron chi connectivity index (χ0n) is 11.6. The van der Waals surface area contributed by atoms with Gasteiger partial charge in [0, 0.05) is 40.3 Å². The van der Waals surface area contributed by atoms with Gasteiger partial charge in [-0.2, -0.15) is 11.8 Å². The molecule has 0 aromatic carbocycles. The molecule has 3 heterocycles. The quantitative estimate of drug-likeness (QED) is 0.880. The van der Waals surface area contributed by atoms with Crippen LogP contribution in [0.2, 0.25) is 0 Å². The monoisotopic (exact) mass is 338 g/mol. The number of thioether (sulfide) groups is 1. The van der Waals surface area contributed by atoms with Gasteiger partial charge in [-0.1, -0.05) is 12.1 Å². The topological polar surface area (TPSA) is 41.1 Å². The Kier molecular flexibility index (Phi) is 5.35. The van der Waals surface area contributed by atoms with Crippen LogP contribution in [0.4, 0.5) is 0 Å². The molecule has 1 aliphatic rings. The number of thiophene rings is 2. The van der Waals surface area contributed by atoms with Crippen LogP contribution in [0.25, 0.3) is 0 Å². The van der Waals surface area contributed by atoms with Crippen molar-refractivity contribution in [2.45, 2.75) is 18.5 Å². The molecule has 1 amide bonds. The van der Waals surface area contributed by atoms with Crippen LogP contribution < -0.4 is 10.6 Å². The number of amides is 1. The van der Waals surface area contributed by atoms with Gasteiger partial charge in [0.25, 0.3) is 0 Å². The predicted octanol–water partition coefficient (Wildman–Crippen LogP) is 3.11. The van der Waals surface area contributed by atoms with Crippen molar-refractivity contribution in [3.8, 4) is 0 Å². The van der Waals surface area contributed by atoms with E-state index < -0.39 is 0 Å². The molecule has 0 radical (unpaired) electrons. The van der Waals surface area contributed by atoms with Crippen molar-refractivity contribution in [2.75, 3.05) is 18.1 Å². The van der Waals surface area contributed by atoms with Gasteiger partial charge in [0.1, 0.15) is 0 Å². The molecule has 3 nitrogen and oxygen atoms in total. The SMILES string of the molecule is O=C(CC1CSCCN1)NC(c1cccs1)c1cccs1. The van der Waals surface area contributed by atoms with Crippen molar-refractivity contribution in [1.29, 1.82) is 0 Å². The van der Waals surface area contributed by atoms with Crippen LogP contribution in [-0.2, 0) is 4.79 Å². The van der Waals surface area contributed by atoms with E-state index in [1.807, 2.05) is 23.9 Å². The first kappa shape index (κ1) is 15.1. The summed E-state index contributed by atoms with van der Waals surface area (Å²) in [6, 6.07) is 8.54. The third-order valence-electron chi connectivity index (χ3n) is 3.39. The minimum atomic E-state index is -0.00579. The van der Waals surface area contributed by atoms with Crippen LogP contribution in [-0.4, -0.2) is 30.0 Å². The maximum absolute atomic E-state index is 12.4. The van der Waals surface area contributed by atoms with Gasteiger partial charge >= 0.3 is 0 Å². The first-order valence-electron chi connectivity index (χ1n) is 7.00. The first-order chi connectivity index (χ1) is 10.3. The van der Waals surface area contributed by atoms with E-state index in [1.165, 1.54) is 9.75 Å². The first-order valence-corrected chi connectivity index (χ1v) is 9.91. The highest BCUT2D eigenvalue weighted by molar-refractivity contribution is 7.99. The van der Waals surface area contributed by atoms with E-state index >= 15 is 0 Å². The van der Waals surface area contributed by atoms with Gasteiger partial charge in [-0.15, -0.1) is 22.7 Å². The molecular formula is C15H18N2OS3. The fourth-order valence-corrected chi connectivity index (χ4v) is 5.00. The van der Waals surface area contributed by atoms with E-state index in [0.29, 0.717) is 12.5 Å². The highest BCUT2D eigenvalue weighted by atomic mass is 32.2. The van der Waals surface area contributed by atoms with Crippen LogP contribution in [0.15, 0.2) is 35.0 Å². The van der Waals surface area contributed by atoms with Crippen LogP contribution in [0.3, 0.4) is 0 Å². The highest BCUT2D eigenvalue weighted by Crippen LogP contribution is 2.29. The average Bonchev–Trinajstić information content (AvgIpc) is 3.19. The predicted molar refractivity (Wildman–Crippen MR) is 92.4 cm³/mol. The molecule has 1 aliphatic heterocycles. The van der Waals surface area contributed by atoms with E-state index in [0.717, 1.165) is 18.1 Å². The second-order valence-electron chi connectivity index (χ2n) is 4.96. The van der Waals surface area contributed by atoms with Crippen LogP contribution in [0.5, 0.6) is 0 Å². The summed E-state index contributed by atoms with van der Waals surface area (Å²) in [6.45, 7) is 1.00. The van der Waals surface area contributed by atoms with Crippen molar-refractivity contribution < 1.29 is 4.79 Å². The zero-order chi connectivity index (χ0) is 14.5. The third-order valence-corrected chi connectivity index (χ3v) is 6.40. The Morgan fingerprint density at radius 2 is 2.00 bits per heavy atom. The molecule has 2 N–H and O–H groups in total. The van der Waals surface area contributed by atoms with Crippen molar-refractivity contribution in [3.63, 3.8) is 0 Å². The summed E-state index contributed by atoms with van der Waals surface area (Å²) < 4.78 is 0. The minimum Gasteiger partial charge on any atom is -0.343 e. The van der Waals surface area contributed by atoms with Gasteiger partial charge < -0.3 is 10.6 Å². The molecular weight excluding hydrogens is 320 g/mol. The standard InChI is InChI=1S/C15H18N2OS3/c18-14(9-11-10-19-8-5-16-11)17-15(12-3-1-6-20-12)13-4-2-7-21-13/h1-4,6-7,11,15-16H,5,8-10H2,(H,17,18). The van der Waals surface area contributed by atoms with Crippen molar-refractivity contribution in [2.24, 2.45) is 0 Å². The molecule has 3 rings (SSSR count). The summed E-state index contributed by atoms with van der Waals surface area (Å²) in [5, 5.41) is 10.7. The number of carbonyl (C=O) groups is 1. The molecule has 21 heavy (non-hydrogen) atoms.